The quantitative estimate of drug-likeness (QED) is 0.638. The molecule has 0 spiro atoms. The molecule has 4 rings (SSSR count). The summed E-state index contributed by atoms with van der Waals surface area (Å²) >= 11 is 0. The third kappa shape index (κ3) is 2.52. The van der Waals surface area contributed by atoms with Crippen molar-refractivity contribution in [3.63, 3.8) is 0 Å². The van der Waals surface area contributed by atoms with Gasteiger partial charge in [0, 0.05) is 6.08 Å². The molecule has 0 aromatic heterocycles. The minimum atomic E-state index is -0.427. The van der Waals surface area contributed by atoms with Crippen LogP contribution in [0.1, 0.15) is 5.56 Å². The number of carbonyl (C=O) groups is 1. The summed E-state index contributed by atoms with van der Waals surface area (Å²) in [5.74, 6) is 2.28. The molecule has 0 aliphatic carbocycles. The maximum atomic E-state index is 11.4. The molecule has 0 N–H and O–H groups in total. The van der Waals surface area contributed by atoms with E-state index in [1.165, 1.54) is 13.2 Å². The predicted molar refractivity (Wildman–Crippen MR) is 85.2 cm³/mol. The maximum absolute atomic E-state index is 11.4. The van der Waals surface area contributed by atoms with E-state index in [-0.39, 0.29) is 13.6 Å². The van der Waals surface area contributed by atoms with Gasteiger partial charge in [-0.05, 0) is 47.0 Å². The normalized spacial score (nSPS) is 14.2. The molecule has 2 aliphatic heterocycles. The Kier molecular flexibility index (Phi) is 3.49. The van der Waals surface area contributed by atoms with Crippen molar-refractivity contribution in [2.75, 3.05) is 20.7 Å². The second-order valence-corrected chi connectivity index (χ2v) is 5.22. The SMILES string of the molecule is COC(=O)/C=C/c1cc2c(cc1-c1ccc3c(c1)OCO3)OCO2. The largest absolute Gasteiger partial charge is 0.466 e. The van der Waals surface area contributed by atoms with E-state index >= 15 is 0 Å². The second-order valence-electron chi connectivity index (χ2n) is 5.22. The Hall–Kier alpha value is -3.15. The van der Waals surface area contributed by atoms with Crippen LogP contribution in [0.2, 0.25) is 0 Å². The molecule has 2 aliphatic rings. The predicted octanol–water partition coefficient (Wildman–Crippen LogP) is 3.00. The van der Waals surface area contributed by atoms with E-state index in [9.17, 15) is 4.79 Å². The van der Waals surface area contributed by atoms with Gasteiger partial charge in [0.1, 0.15) is 0 Å². The lowest BCUT2D eigenvalue weighted by molar-refractivity contribution is -0.134. The molecular formula is C18H14O6. The number of hydrogen-bond donors (Lipinski definition) is 0. The van der Waals surface area contributed by atoms with Crippen LogP contribution in [0.3, 0.4) is 0 Å². The Balaban J connectivity index is 1.81. The van der Waals surface area contributed by atoms with Crippen molar-refractivity contribution in [1.29, 1.82) is 0 Å². The van der Waals surface area contributed by atoms with Gasteiger partial charge in [0.05, 0.1) is 7.11 Å². The lowest BCUT2D eigenvalue weighted by Gasteiger charge is -2.09. The number of hydrogen-bond acceptors (Lipinski definition) is 6. The fraction of sp³-hybridized carbons (Fsp3) is 0.167. The number of ether oxygens (including phenoxy) is 5. The van der Waals surface area contributed by atoms with Crippen molar-refractivity contribution in [2.24, 2.45) is 0 Å². The minimum Gasteiger partial charge on any atom is -0.466 e. The summed E-state index contributed by atoms with van der Waals surface area (Å²) in [5, 5.41) is 0. The fourth-order valence-electron chi connectivity index (χ4n) is 2.64. The van der Waals surface area contributed by atoms with Gasteiger partial charge in [0.15, 0.2) is 23.0 Å². The Labute approximate surface area is 138 Å². The van der Waals surface area contributed by atoms with Crippen LogP contribution in [0, 0.1) is 0 Å². The van der Waals surface area contributed by atoms with Crippen LogP contribution in [-0.4, -0.2) is 26.7 Å². The summed E-state index contributed by atoms with van der Waals surface area (Å²) in [4.78, 5) is 11.4. The van der Waals surface area contributed by atoms with E-state index in [0.29, 0.717) is 23.0 Å². The molecule has 6 heteroatoms. The molecule has 0 radical (unpaired) electrons. The summed E-state index contributed by atoms with van der Waals surface area (Å²) in [6.07, 6.45) is 3.06. The standard InChI is InChI=1S/C18H14O6/c1-20-18(19)5-3-12-7-16-17(24-10-23-16)8-13(12)11-2-4-14-15(6-11)22-9-21-14/h2-8H,9-10H2,1H3/b5-3+. The summed E-state index contributed by atoms with van der Waals surface area (Å²) in [6.45, 7) is 0.398. The van der Waals surface area contributed by atoms with Gasteiger partial charge in [-0.1, -0.05) is 6.07 Å². The van der Waals surface area contributed by atoms with Crippen molar-refractivity contribution in [1.82, 2.24) is 0 Å². The lowest BCUT2D eigenvalue weighted by Crippen LogP contribution is -1.94. The number of esters is 1. The van der Waals surface area contributed by atoms with Crippen LogP contribution in [0.5, 0.6) is 23.0 Å². The average molecular weight is 326 g/mol. The van der Waals surface area contributed by atoms with Crippen molar-refractivity contribution in [2.45, 2.75) is 0 Å². The van der Waals surface area contributed by atoms with Crippen molar-refractivity contribution < 1.29 is 28.5 Å². The monoisotopic (exact) mass is 326 g/mol. The minimum absolute atomic E-state index is 0.181. The van der Waals surface area contributed by atoms with Crippen LogP contribution in [0.25, 0.3) is 17.2 Å². The molecule has 0 amide bonds. The Morgan fingerprint density at radius 1 is 0.958 bits per heavy atom. The molecule has 122 valence electrons. The lowest BCUT2D eigenvalue weighted by atomic mass is 9.98. The smallest absolute Gasteiger partial charge is 0.330 e. The second kappa shape index (κ2) is 5.81. The van der Waals surface area contributed by atoms with Gasteiger partial charge in [-0.15, -0.1) is 0 Å². The third-order valence-corrected chi connectivity index (χ3v) is 3.83. The molecule has 2 heterocycles. The maximum Gasteiger partial charge on any atom is 0.330 e. The van der Waals surface area contributed by atoms with Crippen molar-refractivity contribution >= 4 is 12.0 Å². The molecule has 0 bridgehead atoms. The molecule has 0 saturated carbocycles. The highest BCUT2D eigenvalue weighted by Gasteiger charge is 2.19. The van der Waals surface area contributed by atoms with Gasteiger partial charge < -0.3 is 23.7 Å². The summed E-state index contributed by atoms with van der Waals surface area (Å²) in [5.41, 5.74) is 2.61. The fourth-order valence-corrected chi connectivity index (χ4v) is 2.64. The van der Waals surface area contributed by atoms with E-state index in [0.717, 1.165) is 16.7 Å². The zero-order valence-corrected chi connectivity index (χ0v) is 12.9. The van der Waals surface area contributed by atoms with Crippen LogP contribution >= 0.6 is 0 Å². The van der Waals surface area contributed by atoms with Gasteiger partial charge in [-0.25, -0.2) is 4.79 Å². The zero-order chi connectivity index (χ0) is 16.5. The molecule has 0 fully saturated rings. The van der Waals surface area contributed by atoms with E-state index in [2.05, 4.69) is 4.74 Å². The molecule has 0 atom stereocenters. The highest BCUT2D eigenvalue weighted by molar-refractivity contribution is 5.90. The van der Waals surface area contributed by atoms with Crippen molar-refractivity contribution in [3.05, 3.63) is 42.0 Å². The zero-order valence-electron chi connectivity index (χ0n) is 12.9. The number of fused-ring (bicyclic) bond motifs is 2. The Morgan fingerprint density at radius 2 is 1.62 bits per heavy atom. The molecule has 2 aromatic carbocycles. The Morgan fingerprint density at radius 3 is 2.38 bits per heavy atom. The first-order chi connectivity index (χ1) is 11.7. The van der Waals surface area contributed by atoms with Crippen LogP contribution in [0.4, 0.5) is 0 Å². The van der Waals surface area contributed by atoms with Gasteiger partial charge >= 0.3 is 5.97 Å². The Bertz CT molecular complexity index is 840. The van der Waals surface area contributed by atoms with Gasteiger partial charge in [0.25, 0.3) is 0 Å². The first kappa shape index (κ1) is 14.4. The molecule has 0 saturated heterocycles. The molecule has 0 unspecified atom stereocenters. The van der Waals surface area contributed by atoms with Crippen LogP contribution in [0.15, 0.2) is 36.4 Å². The molecule has 24 heavy (non-hydrogen) atoms. The number of carbonyl (C=O) groups excluding carboxylic acids is 1. The first-order valence-corrected chi connectivity index (χ1v) is 7.34. The summed E-state index contributed by atoms with van der Waals surface area (Å²) < 4.78 is 26.3. The van der Waals surface area contributed by atoms with Gasteiger partial charge in [0.2, 0.25) is 13.6 Å². The van der Waals surface area contributed by atoms with E-state index in [1.54, 1.807) is 6.08 Å². The highest BCUT2D eigenvalue weighted by atomic mass is 16.7. The topological polar surface area (TPSA) is 63.2 Å². The number of rotatable bonds is 3. The third-order valence-electron chi connectivity index (χ3n) is 3.83. The van der Waals surface area contributed by atoms with Crippen LogP contribution in [-0.2, 0) is 9.53 Å². The summed E-state index contributed by atoms with van der Waals surface area (Å²) in [6, 6.07) is 9.41. The highest BCUT2D eigenvalue weighted by Crippen LogP contribution is 2.42. The van der Waals surface area contributed by atoms with E-state index in [4.69, 9.17) is 18.9 Å². The number of benzene rings is 2. The van der Waals surface area contributed by atoms with Crippen molar-refractivity contribution in [3.8, 4) is 34.1 Å². The van der Waals surface area contributed by atoms with Gasteiger partial charge in [-0.2, -0.15) is 0 Å². The van der Waals surface area contributed by atoms with Crippen LogP contribution < -0.4 is 18.9 Å². The van der Waals surface area contributed by atoms with E-state index in [1.807, 2.05) is 30.3 Å². The summed E-state index contributed by atoms with van der Waals surface area (Å²) in [7, 11) is 1.34. The number of methoxy groups -OCH3 is 1. The molecule has 6 nitrogen and oxygen atoms in total. The first-order valence-electron chi connectivity index (χ1n) is 7.34. The molecule has 2 aromatic rings. The van der Waals surface area contributed by atoms with Gasteiger partial charge in [-0.3, -0.25) is 0 Å². The molecular weight excluding hydrogens is 312 g/mol. The average Bonchev–Trinajstić information content (AvgIpc) is 3.26. The van der Waals surface area contributed by atoms with E-state index < -0.39 is 5.97 Å².